The highest BCUT2D eigenvalue weighted by molar-refractivity contribution is 6.32. The van der Waals surface area contributed by atoms with Crippen molar-refractivity contribution in [3.05, 3.63) is 76.9 Å². The van der Waals surface area contributed by atoms with Gasteiger partial charge < -0.3 is 5.11 Å². The molecule has 1 N–H and O–H groups in total. The predicted octanol–water partition coefficient (Wildman–Crippen LogP) is 3.32. The van der Waals surface area contributed by atoms with Gasteiger partial charge in [0.05, 0.1) is 0 Å². The number of carbonyl (C=O) groups is 2. The van der Waals surface area contributed by atoms with Crippen molar-refractivity contribution in [2.75, 3.05) is 0 Å². The highest BCUT2D eigenvalue weighted by Crippen LogP contribution is 2.36. The fourth-order valence-corrected chi connectivity index (χ4v) is 2.94. The van der Waals surface area contributed by atoms with Crippen molar-refractivity contribution in [2.24, 2.45) is 0 Å². The minimum absolute atomic E-state index is 0.0184. The summed E-state index contributed by atoms with van der Waals surface area (Å²) in [5, 5.41) is 11.3. The number of ketones is 2. The van der Waals surface area contributed by atoms with Gasteiger partial charge in [0.1, 0.15) is 5.75 Å². The van der Waals surface area contributed by atoms with Crippen LogP contribution in [0.1, 0.15) is 31.8 Å². The maximum atomic E-state index is 12.8. The van der Waals surface area contributed by atoms with E-state index in [2.05, 4.69) is 0 Å². The van der Waals surface area contributed by atoms with E-state index in [1.54, 1.807) is 42.5 Å². The minimum Gasteiger partial charge on any atom is -0.507 e. The third-order valence-electron chi connectivity index (χ3n) is 3.91. The molecule has 0 saturated carbocycles. The van der Waals surface area contributed by atoms with Gasteiger partial charge in [0.2, 0.25) is 0 Å². The topological polar surface area (TPSA) is 54.4 Å². The molecule has 0 atom stereocenters. The molecule has 21 heavy (non-hydrogen) atoms. The molecule has 0 heterocycles. The lowest BCUT2D eigenvalue weighted by Crippen LogP contribution is -2.21. The third kappa shape index (κ3) is 1.48. The summed E-state index contributed by atoms with van der Waals surface area (Å²) in [6.07, 6.45) is 0. The molecule has 3 aromatic rings. The van der Waals surface area contributed by atoms with Gasteiger partial charge in [-0.1, -0.05) is 42.5 Å². The summed E-state index contributed by atoms with van der Waals surface area (Å²) in [5.74, 6) is -0.373. The quantitative estimate of drug-likeness (QED) is 0.535. The maximum Gasteiger partial charge on any atom is 0.195 e. The number of hydrogen-bond donors (Lipinski definition) is 1. The van der Waals surface area contributed by atoms with Crippen LogP contribution in [0, 0.1) is 0 Å². The lowest BCUT2D eigenvalue weighted by atomic mass is 9.81. The van der Waals surface area contributed by atoms with E-state index < -0.39 is 0 Å². The van der Waals surface area contributed by atoms with Crippen LogP contribution in [-0.2, 0) is 0 Å². The Labute approximate surface area is 120 Å². The lowest BCUT2D eigenvalue weighted by Gasteiger charge is -2.19. The monoisotopic (exact) mass is 274 g/mol. The smallest absolute Gasteiger partial charge is 0.195 e. The van der Waals surface area contributed by atoms with E-state index in [9.17, 15) is 14.7 Å². The standard InChI is InChI=1S/C18H10O3/c19-14-7-3-4-10-8-9-13-16(15(10)14)18(21)12-6-2-1-5-11(12)17(13)20/h1-9,19H. The molecule has 1 aliphatic carbocycles. The number of rotatable bonds is 0. The SMILES string of the molecule is O=C1c2ccccc2C(=O)c2c1ccc1cccc(O)c21. The van der Waals surface area contributed by atoms with Gasteiger partial charge in [-0.15, -0.1) is 0 Å². The van der Waals surface area contributed by atoms with Crippen LogP contribution in [0.4, 0.5) is 0 Å². The number of hydrogen-bond acceptors (Lipinski definition) is 3. The van der Waals surface area contributed by atoms with Crippen molar-refractivity contribution in [2.45, 2.75) is 0 Å². The second kappa shape index (κ2) is 4.03. The van der Waals surface area contributed by atoms with E-state index in [0.717, 1.165) is 5.39 Å². The van der Waals surface area contributed by atoms with Crippen molar-refractivity contribution in [3.8, 4) is 5.75 Å². The van der Waals surface area contributed by atoms with Crippen LogP contribution in [0.3, 0.4) is 0 Å². The summed E-state index contributed by atoms with van der Waals surface area (Å²) in [4.78, 5) is 25.3. The second-order valence-corrected chi connectivity index (χ2v) is 5.07. The van der Waals surface area contributed by atoms with Gasteiger partial charge >= 0.3 is 0 Å². The largest absolute Gasteiger partial charge is 0.507 e. The molecule has 0 bridgehead atoms. The zero-order valence-electron chi connectivity index (χ0n) is 11.0. The Morgan fingerprint density at radius 1 is 0.667 bits per heavy atom. The molecule has 0 unspecified atom stereocenters. The van der Waals surface area contributed by atoms with Crippen LogP contribution < -0.4 is 0 Å². The van der Waals surface area contributed by atoms with Gasteiger partial charge in [-0.25, -0.2) is 0 Å². The van der Waals surface area contributed by atoms with E-state index >= 15 is 0 Å². The molecule has 3 nitrogen and oxygen atoms in total. The first-order valence-corrected chi connectivity index (χ1v) is 6.61. The Morgan fingerprint density at radius 2 is 1.38 bits per heavy atom. The van der Waals surface area contributed by atoms with Gasteiger partial charge in [-0.2, -0.15) is 0 Å². The zero-order chi connectivity index (χ0) is 14.6. The van der Waals surface area contributed by atoms with E-state index in [1.807, 2.05) is 6.07 Å². The Balaban J connectivity index is 2.17. The number of fused-ring (bicyclic) bond motifs is 4. The predicted molar refractivity (Wildman–Crippen MR) is 78.9 cm³/mol. The Bertz CT molecular complexity index is 938. The van der Waals surface area contributed by atoms with Gasteiger partial charge in [-0.05, 0) is 17.5 Å². The van der Waals surface area contributed by atoms with Gasteiger partial charge in [0.25, 0.3) is 0 Å². The van der Waals surface area contributed by atoms with Gasteiger partial charge in [0.15, 0.2) is 11.6 Å². The number of phenols is 1. The van der Waals surface area contributed by atoms with Crippen LogP contribution in [0.25, 0.3) is 10.8 Å². The first kappa shape index (κ1) is 11.9. The third-order valence-corrected chi connectivity index (χ3v) is 3.91. The molecule has 0 aliphatic heterocycles. The Hall–Kier alpha value is -2.94. The fraction of sp³-hybridized carbons (Fsp3) is 0. The average Bonchev–Trinajstić information content (AvgIpc) is 2.52. The van der Waals surface area contributed by atoms with Crippen molar-refractivity contribution in [1.29, 1.82) is 0 Å². The Kier molecular flexibility index (Phi) is 2.27. The van der Waals surface area contributed by atoms with Crippen LogP contribution in [0.15, 0.2) is 54.6 Å². The van der Waals surface area contributed by atoms with E-state index in [4.69, 9.17) is 0 Å². The first-order chi connectivity index (χ1) is 10.2. The summed E-state index contributed by atoms with van der Waals surface area (Å²) in [5.41, 5.74) is 1.47. The number of aromatic hydroxyl groups is 1. The van der Waals surface area contributed by atoms with Gasteiger partial charge in [0, 0.05) is 27.6 Å². The molecule has 3 heteroatoms. The summed E-state index contributed by atoms with van der Waals surface area (Å²) in [6.45, 7) is 0. The first-order valence-electron chi connectivity index (χ1n) is 6.61. The summed E-state index contributed by atoms with van der Waals surface area (Å²) in [6, 6.07) is 15.3. The molecular weight excluding hydrogens is 264 g/mol. The van der Waals surface area contributed by atoms with E-state index in [1.165, 1.54) is 6.07 Å². The average molecular weight is 274 g/mol. The van der Waals surface area contributed by atoms with Crippen LogP contribution in [0.2, 0.25) is 0 Å². The van der Waals surface area contributed by atoms with Crippen molar-refractivity contribution < 1.29 is 14.7 Å². The molecule has 1 aliphatic rings. The van der Waals surface area contributed by atoms with Crippen molar-refractivity contribution in [3.63, 3.8) is 0 Å². The van der Waals surface area contributed by atoms with Crippen LogP contribution >= 0.6 is 0 Å². The number of carbonyl (C=O) groups excluding carboxylic acids is 2. The molecule has 0 fully saturated rings. The molecular formula is C18H10O3. The lowest BCUT2D eigenvalue weighted by molar-refractivity contribution is 0.0980. The van der Waals surface area contributed by atoms with Crippen LogP contribution in [0.5, 0.6) is 5.75 Å². The maximum absolute atomic E-state index is 12.8. The molecule has 0 aromatic heterocycles. The summed E-state index contributed by atoms with van der Waals surface area (Å²) < 4.78 is 0. The zero-order valence-corrected chi connectivity index (χ0v) is 11.0. The van der Waals surface area contributed by atoms with Crippen LogP contribution in [-0.4, -0.2) is 16.7 Å². The van der Waals surface area contributed by atoms with Gasteiger partial charge in [-0.3, -0.25) is 9.59 Å². The second-order valence-electron chi connectivity index (χ2n) is 5.07. The molecule has 3 aromatic carbocycles. The molecule has 100 valence electrons. The van der Waals surface area contributed by atoms with Crippen molar-refractivity contribution >= 4 is 22.3 Å². The molecule has 0 spiro atoms. The highest BCUT2D eigenvalue weighted by atomic mass is 16.3. The Morgan fingerprint density at radius 3 is 2.14 bits per heavy atom. The summed E-state index contributed by atoms with van der Waals surface area (Å²) >= 11 is 0. The van der Waals surface area contributed by atoms with E-state index in [0.29, 0.717) is 27.6 Å². The fourth-order valence-electron chi connectivity index (χ4n) is 2.94. The molecule has 4 rings (SSSR count). The minimum atomic E-state index is -0.215. The normalized spacial score (nSPS) is 13.1. The molecule has 0 saturated heterocycles. The summed E-state index contributed by atoms with van der Waals surface area (Å²) in [7, 11) is 0. The van der Waals surface area contributed by atoms with Crippen molar-refractivity contribution in [1.82, 2.24) is 0 Å². The number of benzene rings is 3. The molecule has 0 amide bonds. The highest BCUT2D eigenvalue weighted by Gasteiger charge is 2.31. The van der Waals surface area contributed by atoms with E-state index in [-0.39, 0.29) is 17.3 Å². The molecule has 0 radical (unpaired) electrons. The number of phenolic OH excluding ortho intramolecular Hbond substituents is 1.